The van der Waals surface area contributed by atoms with Crippen molar-refractivity contribution in [3.05, 3.63) is 41.6 Å². The zero-order valence-corrected chi connectivity index (χ0v) is 10.1. The molecule has 17 heavy (non-hydrogen) atoms. The third-order valence-electron chi connectivity index (χ3n) is 3.03. The van der Waals surface area contributed by atoms with Crippen molar-refractivity contribution in [2.24, 2.45) is 5.73 Å². The van der Waals surface area contributed by atoms with E-state index < -0.39 is 0 Å². The van der Waals surface area contributed by atoms with Crippen LogP contribution in [0.2, 0.25) is 0 Å². The fourth-order valence-corrected chi connectivity index (χ4v) is 2.06. The normalized spacial score (nSPS) is 22.5. The topological polar surface area (TPSA) is 58.4 Å². The zero-order chi connectivity index (χ0) is 12.4. The van der Waals surface area contributed by atoms with E-state index in [1.54, 1.807) is 5.01 Å². The van der Waals surface area contributed by atoms with Gasteiger partial charge in [-0.15, -0.1) is 0 Å². The van der Waals surface area contributed by atoms with Gasteiger partial charge in [-0.2, -0.15) is 0 Å². The highest BCUT2D eigenvalue weighted by atomic mass is 16.2. The Morgan fingerprint density at radius 1 is 1.47 bits per heavy atom. The molecule has 1 saturated heterocycles. The number of hydrogen-bond donors (Lipinski definition) is 2. The monoisotopic (exact) mass is 231 g/mol. The number of hydrazine groups is 1. The van der Waals surface area contributed by atoms with E-state index in [0.717, 1.165) is 17.7 Å². The lowest BCUT2D eigenvalue weighted by Gasteiger charge is -2.19. The molecule has 0 bridgehead atoms. The van der Waals surface area contributed by atoms with E-state index in [1.807, 2.05) is 31.2 Å². The Morgan fingerprint density at radius 2 is 2.18 bits per heavy atom. The van der Waals surface area contributed by atoms with Crippen molar-refractivity contribution in [1.82, 2.24) is 5.43 Å². The Kier molecular flexibility index (Phi) is 3.15. The number of para-hydroxylation sites is 1. The number of hydrogen-bond acceptors (Lipinski definition) is 3. The molecular weight excluding hydrogens is 214 g/mol. The van der Waals surface area contributed by atoms with Gasteiger partial charge in [0, 0.05) is 6.20 Å². The van der Waals surface area contributed by atoms with Crippen LogP contribution in [0.15, 0.2) is 36.0 Å². The van der Waals surface area contributed by atoms with Gasteiger partial charge in [-0.05, 0) is 25.0 Å². The van der Waals surface area contributed by atoms with Gasteiger partial charge < -0.3 is 5.73 Å². The van der Waals surface area contributed by atoms with Crippen molar-refractivity contribution in [2.75, 3.05) is 5.01 Å². The number of aryl methyl sites for hydroxylation is 1. The summed E-state index contributed by atoms with van der Waals surface area (Å²) < 4.78 is 0. The lowest BCUT2D eigenvalue weighted by Crippen LogP contribution is -2.37. The summed E-state index contributed by atoms with van der Waals surface area (Å²) in [7, 11) is 0. The Hall–Kier alpha value is -1.81. The zero-order valence-electron chi connectivity index (χ0n) is 10.1. The Bertz CT molecular complexity index is 467. The Labute approximate surface area is 101 Å². The minimum atomic E-state index is -0.0686. The molecule has 1 unspecified atom stereocenters. The second kappa shape index (κ2) is 4.59. The van der Waals surface area contributed by atoms with Crippen molar-refractivity contribution >= 4 is 11.6 Å². The molecule has 1 aliphatic rings. The maximum absolute atomic E-state index is 12.1. The predicted molar refractivity (Wildman–Crippen MR) is 68.2 cm³/mol. The largest absolute Gasteiger partial charge is 0.404 e. The van der Waals surface area contributed by atoms with Crippen LogP contribution in [-0.4, -0.2) is 11.9 Å². The van der Waals surface area contributed by atoms with Crippen molar-refractivity contribution in [2.45, 2.75) is 26.3 Å². The summed E-state index contributed by atoms with van der Waals surface area (Å²) in [6.45, 7) is 3.99. The van der Waals surface area contributed by atoms with Gasteiger partial charge in [-0.1, -0.05) is 25.1 Å². The van der Waals surface area contributed by atoms with Crippen molar-refractivity contribution in [1.29, 1.82) is 0 Å². The van der Waals surface area contributed by atoms with Crippen molar-refractivity contribution in [3.63, 3.8) is 0 Å². The summed E-state index contributed by atoms with van der Waals surface area (Å²) in [5.74, 6) is -0.0686. The van der Waals surface area contributed by atoms with Crippen molar-refractivity contribution < 1.29 is 4.79 Å². The van der Waals surface area contributed by atoms with Crippen LogP contribution < -0.4 is 16.2 Å². The minimum Gasteiger partial charge on any atom is -0.404 e. The summed E-state index contributed by atoms with van der Waals surface area (Å²) in [6.07, 6.45) is 2.27. The van der Waals surface area contributed by atoms with Crippen LogP contribution >= 0.6 is 0 Å². The number of rotatable bonds is 2. The first-order valence-corrected chi connectivity index (χ1v) is 5.79. The first-order valence-electron chi connectivity index (χ1n) is 5.79. The molecule has 1 heterocycles. The minimum absolute atomic E-state index is 0.0441. The molecule has 0 aromatic heterocycles. The van der Waals surface area contributed by atoms with Gasteiger partial charge in [-0.25, -0.2) is 10.4 Å². The smallest absolute Gasteiger partial charge is 0.271 e. The second-order valence-electron chi connectivity index (χ2n) is 4.10. The SMILES string of the molecule is CCc1ccccc1N1NC(C)C(=CN)C1=O. The summed E-state index contributed by atoms with van der Waals surface area (Å²) >= 11 is 0. The van der Waals surface area contributed by atoms with E-state index >= 15 is 0 Å². The van der Waals surface area contributed by atoms with Gasteiger partial charge in [0.15, 0.2) is 0 Å². The highest BCUT2D eigenvalue weighted by Gasteiger charge is 2.33. The molecule has 90 valence electrons. The van der Waals surface area contributed by atoms with Gasteiger partial charge in [0.25, 0.3) is 5.91 Å². The molecular formula is C13H17N3O. The third kappa shape index (κ3) is 1.91. The fraction of sp³-hybridized carbons (Fsp3) is 0.308. The number of carbonyl (C=O) groups is 1. The highest BCUT2D eigenvalue weighted by Crippen LogP contribution is 2.25. The number of nitrogens with one attached hydrogen (secondary N) is 1. The number of carbonyl (C=O) groups excluding carboxylic acids is 1. The number of anilines is 1. The Balaban J connectivity index is 2.39. The molecule has 3 N–H and O–H groups in total. The van der Waals surface area contributed by atoms with E-state index in [4.69, 9.17) is 5.73 Å². The average Bonchev–Trinajstić information content (AvgIpc) is 2.64. The molecule has 1 aromatic carbocycles. The van der Waals surface area contributed by atoms with Gasteiger partial charge in [0.1, 0.15) is 0 Å². The van der Waals surface area contributed by atoms with Gasteiger partial charge >= 0.3 is 0 Å². The first kappa shape index (κ1) is 11.7. The molecule has 0 saturated carbocycles. The van der Waals surface area contributed by atoms with E-state index in [-0.39, 0.29) is 11.9 Å². The molecule has 1 atom stereocenters. The van der Waals surface area contributed by atoms with Gasteiger partial charge in [0.05, 0.1) is 17.3 Å². The maximum atomic E-state index is 12.1. The third-order valence-corrected chi connectivity index (χ3v) is 3.03. The fourth-order valence-electron chi connectivity index (χ4n) is 2.06. The molecule has 0 aliphatic carbocycles. The Morgan fingerprint density at radius 3 is 2.76 bits per heavy atom. The summed E-state index contributed by atoms with van der Waals surface area (Å²) in [5.41, 5.74) is 11.3. The predicted octanol–water partition coefficient (Wildman–Crippen LogP) is 1.33. The van der Waals surface area contributed by atoms with E-state index in [1.165, 1.54) is 6.20 Å². The van der Waals surface area contributed by atoms with Crippen LogP contribution in [0.1, 0.15) is 19.4 Å². The van der Waals surface area contributed by atoms with Crippen LogP contribution in [0.4, 0.5) is 5.69 Å². The number of nitrogens with zero attached hydrogens (tertiary/aromatic N) is 1. The molecule has 0 radical (unpaired) electrons. The molecule has 1 aromatic rings. The number of nitrogens with two attached hydrogens (primary N) is 1. The molecule has 2 rings (SSSR count). The quantitative estimate of drug-likeness (QED) is 0.755. The van der Waals surface area contributed by atoms with Crippen LogP contribution in [-0.2, 0) is 11.2 Å². The van der Waals surface area contributed by atoms with Gasteiger partial charge in [0.2, 0.25) is 0 Å². The van der Waals surface area contributed by atoms with Crippen LogP contribution in [0.5, 0.6) is 0 Å². The van der Waals surface area contributed by atoms with Crippen LogP contribution in [0, 0.1) is 0 Å². The van der Waals surface area contributed by atoms with Gasteiger partial charge in [-0.3, -0.25) is 4.79 Å². The molecule has 1 aliphatic heterocycles. The standard InChI is InChI=1S/C13H17N3O/c1-3-10-6-4-5-7-12(10)16-13(17)11(8-14)9(2)15-16/h4-9,15H,3,14H2,1-2H3. The van der Waals surface area contributed by atoms with Crippen LogP contribution in [0.3, 0.4) is 0 Å². The highest BCUT2D eigenvalue weighted by molar-refractivity contribution is 6.08. The molecule has 1 fully saturated rings. The van der Waals surface area contributed by atoms with E-state index in [9.17, 15) is 4.79 Å². The second-order valence-corrected chi connectivity index (χ2v) is 4.10. The summed E-state index contributed by atoms with van der Waals surface area (Å²) in [5, 5.41) is 1.59. The van der Waals surface area contributed by atoms with Crippen LogP contribution in [0.25, 0.3) is 0 Å². The lowest BCUT2D eigenvalue weighted by molar-refractivity contribution is -0.114. The summed E-state index contributed by atoms with van der Waals surface area (Å²) in [4.78, 5) is 12.1. The average molecular weight is 231 g/mol. The molecule has 0 spiro atoms. The lowest BCUT2D eigenvalue weighted by atomic mass is 10.1. The molecule has 4 nitrogen and oxygen atoms in total. The molecule has 1 amide bonds. The number of benzene rings is 1. The van der Waals surface area contributed by atoms with E-state index in [0.29, 0.717) is 5.57 Å². The maximum Gasteiger partial charge on any atom is 0.271 e. The molecule has 4 heteroatoms. The first-order chi connectivity index (χ1) is 8.19. The van der Waals surface area contributed by atoms with E-state index in [2.05, 4.69) is 12.3 Å². The summed E-state index contributed by atoms with van der Waals surface area (Å²) in [6, 6.07) is 7.83. The van der Waals surface area contributed by atoms with Crippen molar-refractivity contribution in [3.8, 4) is 0 Å². The number of amides is 1.